The largest absolute Gasteiger partial charge is 0.466 e. The second kappa shape index (κ2) is 5.00. The predicted molar refractivity (Wildman–Crippen MR) is 74.9 cm³/mol. The SMILES string of the molecule is CCOC(=O)C1CC2CCC(C1)N2c1nc(C2CC2)no1. The molecular formula is C15H21N3O3. The highest BCUT2D eigenvalue weighted by Crippen LogP contribution is 2.43. The van der Waals surface area contributed by atoms with Crippen molar-refractivity contribution >= 4 is 12.0 Å². The van der Waals surface area contributed by atoms with Gasteiger partial charge in [-0.3, -0.25) is 4.79 Å². The van der Waals surface area contributed by atoms with E-state index in [4.69, 9.17) is 9.26 Å². The highest BCUT2D eigenvalue weighted by Gasteiger charge is 2.45. The number of rotatable bonds is 4. The van der Waals surface area contributed by atoms with Crippen LogP contribution in [0.4, 0.5) is 6.01 Å². The lowest BCUT2D eigenvalue weighted by Gasteiger charge is -2.36. The molecule has 0 aromatic carbocycles. The summed E-state index contributed by atoms with van der Waals surface area (Å²) in [4.78, 5) is 18.8. The van der Waals surface area contributed by atoms with E-state index in [0.29, 0.717) is 30.6 Å². The van der Waals surface area contributed by atoms with Crippen LogP contribution in [0.1, 0.15) is 57.2 Å². The fourth-order valence-corrected chi connectivity index (χ4v) is 3.78. The van der Waals surface area contributed by atoms with Gasteiger partial charge in [-0.2, -0.15) is 4.98 Å². The third-order valence-corrected chi connectivity index (χ3v) is 4.95. The molecule has 3 aliphatic rings. The summed E-state index contributed by atoms with van der Waals surface area (Å²) < 4.78 is 10.7. The molecule has 0 radical (unpaired) electrons. The van der Waals surface area contributed by atoms with Crippen molar-refractivity contribution in [3.8, 4) is 0 Å². The van der Waals surface area contributed by atoms with Crippen LogP contribution in [0.5, 0.6) is 0 Å². The van der Waals surface area contributed by atoms with Crippen LogP contribution in [0.3, 0.4) is 0 Å². The van der Waals surface area contributed by atoms with Gasteiger partial charge in [-0.25, -0.2) is 0 Å². The van der Waals surface area contributed by atoms with Gasteiger partial charge in [0.1, 0.15) is 0 Å². The standard InChI is InChI=1S/C15H21N3O3/c1-2-20-14(19)10-7-11-5-6-12(8-10)18(11)15-16-13(17-21-15)9-3-4-9/h9-12H,2-8H2,1H3. The molecule has 2 saturated heterocycles. The first-order chi connectivity index (χ1) is 10.3. The summed E-state index contributed by atoms with van der Waals surface area (Å²) in [5.41, 5.74) is 0. The minimum atomic E-state index is -0.0433. The number of ether oxygens (including phenoxy) is 1. The normalized spacial score (nSPS) is 31.5. The molecule has 0 N–H and O–H groups in total. The second-order valence-corrected chi connectivity index (χ2v) is 6.42. The molecule has 2 atom stereocenters. The van der Waals surface area contributed by atoms with Crippen LogP contribution in [0.25, 0.3) is 0 Å². The van der Waals surface area contributed by atoms with Gasteiger partial charge >= 0.3 is 12.0 Å². The molecule has 3 heterocycles. The maximum Gasteiger partial charge on any atom is 0.324 e. The number of anilines is 1. The highest BCUT2D eigenvalue weighted by atomic mass is 16.5. The summed E-state index contributed by atoms with van der Waals surface area (Å²) in [7, 11) is 0. The predicted octanol–water partition coefficient (Wildman–Crippen LogP) is 2.26. The average Bonchev–Trinajstić information content (AvgIpc) is 3.16. The first-order valence-electron chi connectivity index (χ1n) is 8.04. The van der Waals surface area contributed by atoms with Crippen LogP contribution < -0.4 is 4.90 Å². The molecule has 2 bridgehead atoms. The molecule has 114 valence electrons. The topological polar surface area (TPSA) is 68.5 Å². The highest BCUT2D eigenvalue weighted by molar-refractivity contribution is 5.73. The third kappa shape index (κ3) is 2.30. The van der Waals surface area contributed by atoms with E-state index in [1.54, 1.807) is 0 Å². The first-order valence-corrected chi connectivity index (χ1v) is 8.04. The smallest absolute Gasteiger partial charge is 0.324 e. The molecule has 0 spiro atoms. The van der Waals surface area contributed by atoms with Gasteiger partial charge in [-0.1, -0.05) is 5.16 Å². The van der Waals surface area contributed by atoms with Gasteiger partial charge in [0.2, 0.25) is 0 Å². The van der Waals surface area contributed by atoms with Gasteiger partial charge in [0.25, 0.3) is 0 Å². The molecule has 1 aromatic heterocycles. The van der Waals surface area contributed by atoms with Crippen LogP contribution in [0, 0.1) is 5.92 Å². The Morgan fingerprint density at radius 2 is 2.00 bits per heavy atom. The Morgan fingerprint density at radius 3 is 2.62 bits per heavy atom. The maximum atomic E-state index is 12.0. The lowest BCUT2D eigenvalue weighted by atomic mass is 9.91. The molecule has 2 aliphatic heterocycles. The van der Waals surface area contributed by atoms with E-state index in [9.17, 15) is 4.79 Å². The van der Waals surface area contributed by atoms with Crippen molar-refractivity contribution in [1.29, 1.82) is 0 Å². The molecule has 6 nitrogen and oxygen atoms in total. The number of aromatic nitrogens is 2. The molecular weight excluding hydrogens is 270 g/mol. The van der Waals surface area contributed by atoms with E-state index in [2.05, 4.69) is 15.0 Å². The molecule has 21 heavy (non-hydrogen) atoms. The molecule has 1 aliphatic carbocycles. The molecule has 1 saturated carbocycles. The number of carbonyl (C=O) groups is 1. The first kappa shape index (κ1) is 13.1. The van der Waals surface area contributed by atoms with Crippen molar-refractivity contribution in [1.82, 2.24) is 10.1 Å². The van der Waals surface area contributed by atoms with Crippen molar-refractivity contribution in [2.24, 2.45) is 5.92 Å². The monoisotopic (exact) mass is 291 g/mol. The number of piperidine rings is 1. The summed E-state index contributed by atoms with van der Waals surface area (Å²) in [5.74, 6) is 1.36. The van der Waals surface area contributed by atoms with E-state index in [0.717, 1.165) is 31.5 Å². The second-order valence-electron chi connectivity index (χ2n) is 6.42. The van der Waals surface area contributed by atoms with E-state index in [1.807, 2.05) is 6.92 Å². The zero-order chi connectivity index (χ0) is 14.4. The van der Waals surface area contributed by atoms with Crippen LogP contribution in [0.2, 0.25) is 0 Å². The van der Waals surface area contributed by atoms with E-state index in [-0.39, 0.29) is 11.9 Å². The molecule has 3 fully saturated rings. The Hall–Kier alpha value is -1.59. The van der Waals surface area contributed by atoms with Crippen molar-refractivity contribution in [2.45, 2.75) is 63.5 Å². The fraction of sp³-hybridized carbons (Fsp3) is 0.800. The number of esters is 1. The Labute approximate surface area is 123 Å². The number of carbonyl (C=O) groups excluding carboxylic acids is 1. The summed E-state index contributed by atoms with van der Waals surface area (Å²) in [6, 6.07) is 1.34. The maximum absolute atomic E-state index is 12.0. The zero-order valence-corrected chi connectivity index (χ0v) is 12.3. The summed E-state index contributed by atoms with van der Waals surface area (Å²) in [6.07, 6.45) is 6.24. The minimum Gasteiger partial charge on any atom is -0.466 e. The van der Waals surface area contributed by atoms with Crippen LogP contribution >= 0.6 is 0 Å². The Balaban J connectivity index is 1.49. The molecule has 6 heteroatoms. The summed E-state index contributed by atoms with van der Waals surface area (Å²) in [5, 5.41) is 4.11. The molecule has 4 rings (SSSR count). The Bertz CT molecular complexity index is 526. The molecule has 0 amide bonds. The molecule has 2 unspecified atom stereocenters. The lowest BCUT2D eigenvalue weighted by molar-refractivity contribution is -0.149. The minimum absolute atomic E-state index is 0.0320. The summed E-state index contributed by atoms with van der Waals surface area (Å²) in [6.45, 7) is 2.32. The summed E-state index contributed by atoms with van der Waals surface area (Å²) >= 11 is 0. The van der Waals surface area contributed by atoms with Gasteiger partial charge in [0.05, 0.1) is 12.5 Å². The quantitative estimate of drug-likeness (QED) is 0.793. The van der Waals surface area contributed by atoms with Crippen molar-refractivity contribution in [3.63, 3.8) is 0 Å². The van der Waals surface area contributed by atoms with Crippen molar-refractivity contribution in [2.75, 3.05) is 11.5 Å². The third-order valence-electron chi connectivity index (χ3n) is 4.95. The van der Waals surface area contributed by atoms with Crippen LogP contribution in [-0.2, 0) is 9.53 Å². The van der Waals surface area contributed by atoms with Crippen molar-refractivity contribution in [3.05, 3.63) is 5.82 Å². The Kier molecular flexibility index (Phi) is 3.12. The van der Waals surface area contributed by atoms with Gasteiger partial charge in [-0.05, 0) is 45.4 Å². The van der Waals surface area contributed by atoms with E-state index < -0.39 is 0 Å². The van der Waals surface area contributed by atoms with Crippen LogP contribution in [0.15, 0.2) is 4.52 Å². The number of nitrogens with zero attached hydrogens (tertiary/aromatic N) is 3. The van der Waals surface area contributed by atoms with Gasteiger partial charge in [0, 0.05) is 18.0 Å². The fourth-order valence-electron chi connectivity index (χ4n) is 3.78. The average molecular weight is 291 g/mol. The van der Waals surface area contributed by atoms with Crippen LogP contribution in [-0.4, -0.2) is 34.8 Å². The zero-order valence-electron chi connectivity index (χ0n) is 12.3. The van der Waals surface area contributed by atoms with E-state index in [1.165, 1.54) is 12.8 Å². The van der Waals surface area contributed by atoms with E-state index >= 15 is 0 Å². The number of hydrogen-bond donors (Lipinski definition) is 0. The lowest BCUT2D eigenvalue weighted by Crippen LogP contribution is -2.45. The number of fused-ring (bicyclic) bond motifs is 2. The van der Waals surface area contributed by atoms with Gasteiger partial charge in [0.15, 0.2) is 5.82 Å². The van der Waals surface area contributed by atoms with Gasteiger partial charge in [-0.15, -0.1) is 0 Å². The van der Waals surface area contributed by atoms with Crippen molar-refractivity contribution < 1.29 is 14.1 Å². The number of hydrogen-bond acceptors (Lipinski definition) is 6. The Morgan fingerprint density at radius 1 is 1.29 bits per heavy atom. The van der Waals surface area contributed by atoms with Gasteiger partial charge < -0.3 is 14.2 Å². The molecule has 1 aromatic rings.